The Balaban J connectivity index is 1.96. The summed E-state index contributed by atoms with van der Waals surface area (Å²) in [6.45, 7) is 1.85. The average Bonchev–Trinajstić information content (AvgIpc) is 3.12. The minimum Gasteiger partial charge on any atom is -0.497 e. The Morgan fingerprint density at radius 1 is 1.12 bits per heavy atom. The first-order valence-electron chi connectivity index (χ1n) is 8.34. The second-order valence-corrected chi connectivity index (χ2v) is 5.83. The van der Waals surface area contributed by atoms with Crippen LogP contribution in [0.2, 0.25) is 0 Å². The van der Waals surface area contributed by atoms with Crippen LogP contribution in [0.3, 0.4) is 0 Å². The summed E-state index contributed by atoms with van der Waals surface area (Å²) in [6, 6.07) is 15.4. The van der Waals surface area contributed by atoms with Crippen LogP contribution in [0.5, 0.6) is 11.5 Å². The van der Waals surface area contributed by atoms with E-state index in [0.717, 1.165) is 28.3 Å². The van der Waals surface area contributed by atoms with Gasteiger partial charge in [-0.25, -0.2) is 5.01 Å². The highest BCUT2D eigenvalue weighted by Gasteiger charge is 2.33. The maximum atomic E-state index is 12.4. The Labute approximate surface area is 147 Å². The number of rotatable bonds is 5. The van der Waals surface area contributed by atoms with E-state index in [-0.39, 0.29) is 11.9 Å². The van der Waals surface area contributed by atoms with Crippen molar-refractivity contribution in [3.8, 4) is 11.5 Å². The van der Waals surface area contributed by atoms with Crippen molar-refractivity contribution < 1.29 is 14.3 Å². The average molecular weight is 338 g/mol. The Morgan fingerprint density at radius 2 is 1.84 bits per heavy atom. The summed E-state index contributed by atoms with van der Waals surface area (Å²) >= 11 is 0. The summed E-state index contributed by atoms with van der Waals surface area (Å²) in [6.07, 6.45) is 1.06. The van der Waals surface area contributed by atoms with Crippen LogP contribution < -0.4 is 9.47 Å². The fourth-order valence-electron chi connectivity index (χ4n) is 3.04. The van der Waals surface area contributed by atoms with Crippen molar-refractivity contribution in [1.82, 2.24) is 5.01 Å². The number of ether oxygens (including phenoxy) is 2. The number of carbonyl (C=O) groups excluding carboxylic acids is 1. The highest BCUT2D eigenvalue weighted by atomic mass is 16.5. The lowest BCUT2D eigenvalue weighted by atomic mass is 9.97. The van der Waals surface area contributed by atoms with Gasteiger partial charge in [0, 0.05) is 18.4 Å². The molecule has 0 aliphatic carbocycles. The molecular formula is C20H22N2O3. The first kappa shape index (κ1) is 17.0. The fourth-order valence-corrected chi connectivity index (χ4v) is 3.04. The molecule has 1 aliphatic rings. The number of hydrogen-bond donors (Lipinski definition) is 0. The molecule has 1 atom stereocenters. The van der Waals surface area contributed by atoms with Crippen molar-refractivity contribution in [2.75, 3.05) is 14.2 Å². The van der Waals surface area contributed by atoms with Crippen LogP contribution in [0.25, 0.3) is 0 Å². The second-order valence-electron chi connectivity index (χ2n) is 5.83. The summed E-state index contributed by atoms with van der Waals surface area (Å²) in [4.78, 5) is 12.4. The molecule has 0 N–H and O–H groups in total. The number of nitrogens with zero attached hydrogens (tertiary/aromatic N) is 2. The van der Waals surface area contributed by atoms with Gasteiger partial charge in [0.15, 0.2) is 0 Å². The third kappa shape index (κ3) is 3.36. The molecule has 1 unspecified atom stereocenters. The molecule has 0 aromatic heterocycles. The second kappa shape index (κ2) is 7.38. The summed E-state index contributed by atoms with van der Waals surface area (Å²) in [5, 5.41) is 6.22. The highest BCUT2D eigenvalue weighted by molar-refractivity contribution is 6.03. The third-order valence-corrected chi connectivity index (χ3v) is 4.39. The zero-order chi connectivity index (χ0) is 17.8. The summed E-state index contributed by atoms with van der Waals surface area (Å²) < 4.78 is 10.7. The molecule has 0 saturated carbocycles. The Bertz CT molecular complexity index is 784. The fraction of sp³-hybridized carbons (Fsp3) is 0.300. The van der Waals surface area contributed by atoms with Gasteiger partial charge in [-0.3, -0.25) is 4.79 Å². The van der Waals surface area contributed by atoms with Gasteiger partial charge < -0.3 is 9.47 Å². The summed E-state index contributed by atoms with van der Waals surface area (Å²) in [5.41, 5.74) is 2.85. The standard InChI is InChI=1S/C20H22N2O3/c1-4-20(23)22-18(16-7-5-6-8-19(16)25-3)13-17(21-22)14-9-11-15(24-2)12-10-14/h5-12,18H,4,13H2,1-3H3. The van der Waals surface area contributed by atoms with Crippen molar-refractivity contribution in [3.63, 3.8) is 0 Å². The smallest absolute Gasteiger partial charge is 0.242 e. The van der Waals surface area contributed by atoms with Crippen molar-refractivity contribution in [2.45, 2.75) is 25.8 Å². The van der Waals surface area contributed by atoms with E-state index in [0.29, 0.717) is 12.8 Å². The number of methoxy groups -OCH3 is 2. The van der Waals surface area contributed by atoms with Gasteiger partial charge in [0.2, 0.25) is 5.91 Å². The quantitative estimate of drug-likeness (QED) is 0.833. The molecule has 1 heterocycles. The Morgan fingerprint density at radius 3 is 2.48 bits per heavy atom. The number of hydrazone groups is 1. The lowest BCUT2D eigenvalue weighted by Gasteiger charge is -2.23. The SMILES string of the molecule is CCC(=O)N1N=C(c2ccc(OC)cc2)CC1c1ccccc1OC. The predicted molar refractivity (Wildman–Crippen MR) is 97.0 cm³/mol. The van der Waals surface area contributed by atoms with Crippen LogP contribution in [0.15, 0.2) is 53.6 Å². The molecule has 1 amide bonds. The monoisotopic (exact) mass is 338 g/mol. The molecule has 0 spiro atoms. The van der Waals surface area contributed by atoms with Crippen molar-refractivity contribution in [3.05, 3.63) is 59.7 Å². The molecule has 0 radical (unpaired) electrons. The van der Waals surface area contributed by atoms with Crippen LogP contribution in [0.1, 0.15) is 36.9 Å². The van der Waals surface area contributed by atoms with Crippen LogP contribution in [0.4, 0.5) is 0 Å². The van der Waals surface area contributed by atoms with Crippen molar-refractivity contribution in [1.29, 1.82) is 0 Å². The number of para-hydroxylation sites is 1. The van der Waals surface area contributed by atoms with Gasteiger partial charge in [-0.2, -0.15) is 5.10 Å². The summed E-state index contributed by atoms with van der Waals surface area (Å²) in [5.74, 6) is 1.57. The van der Waals surface area contributed by atoms with E-state index in [1.807, 2.05) is 55.5 Å². The molecule has 0 saturated heterocycles. The molecule has 3 rings (SSSR count). The van der Waals surface area contributed by atoms with E-state index in [1.54, 1.807) is 19.2 Å². The number of benzene rings is 2. The number of hydrogen-bond acceptors (Lipinski definition) is 4. The maximum absolute atomic E-state index is 12.4. The van der Waals surface area contributed by atoms with Gasteiger partial charge in [0.25, 0.3) is 0 Å². The van der Waals surface area contributed by atoms with Crippen LogP contribution in [-0.2, 0) is 4.79 Å². The lowest BCUT2D eigenvalue weighted by molar-refractivity contribution is -0.132. The molecule has 5 heteroatoms. The topological polar surface area (TPSA) is 51.1 Å². The molecular weight excluding hydrogens is 316 g/mol. The van der Waals surface area contributed by atoms with Crippen molar-refractivity contribution >= 4 is 11.6 Å². The van der Waals surface area contributed by atoms with Crippen LogP contribution in [-0.4, -0.2) is 30.8 Å². The first-order valence-corrected chi connectivity index (χ1v) is 8.34. The number of carbonyl (C=O) groups is 1. The van der Waals surface area contributed by atoms with E-state index < -0.39 is 0 Å². The molecule has 0 bridgehead atoms. The van der Waals surface area contributed by atoms with E-state index in [4.69, 9.17) is 9.47 Å². The number of amides is 1. The predicted octanol–water partition coefficient (Wildman–Crippen LogP) is 3.79. The third-order valence-electron chi connectivity index (χ3n) is 4.39. The summed E-state index contributed by atoms with van der Waals surface area (Å²) in [7, 11) is 3.28. The van der Waals surface area contributed by atoms with Crippen LogP contribution in [0, 0.1) is 0 Å². The highest BCUT2D eigenvalue weighted by Crippen LogP contribution is 2.37. The lowest BCUT2D eigenvalue weighted by Crippen LogP contribution is -2.26. The molecule has 5 nitrogen and oxygen atoms in total. The van der Waals surface area contributed by atoms with Crippen LogP contribution >= 0.6 is 0 Å². The van der Waals surface area contributed by atoms with Gasteiger partial charge in [-0.05, 0) is 35.9 Å². The van der Waals surface area contributed by atoms with E-state index >= 15 is 0 Å². The Kier molecular flexibility index (Phi) is 5.03. The molecule has 1 aliphatic heterocycles. The molecule has 2 aromatic rings. The zero-order valence-electron chi connectivity index (χ0n) is 14.7. The van der Waals surface area contributed by atoms with Gasteiger partial charge in [0.1, 0.15) is 11.5 Å². The van der Waals surface area contributed by atoms with Gasteiger partial charge >= 0.3 is 0 Å². The van der Waals surface area contributed by atoms with Gasteiger partial charge in [-0.1, -0.05) is 25.1 Å². The van der Waals surface area contributed by atoms with Gasteiger partial charge in [0.05, 0.1) is 26.0 Å². The molecule has 25 heavy (non-hydrogen) atoms. The largest absolute Gasteiger partial charge is 0.497 e. The normalized spacial score (nSPS) is 16.5. The van der Waals surface area contributed by atoms with Crippen molar-refractivity contribution in [2.24, 2.45) is 5.10 Å². The molecule has 0 fully saturated rings. The van der Waals surface area contributed by atoms with Gasteiger partial charge in [-0.15, -0.1) is 0 Å². The van der Waals surface area contributed by atoms with E-state index in [2.05, 4.69) is 5.10 Å². The minimum absolute atomic E-state index is 0.000539. The minimum atomic E-state index is -0.152. The Hall–Kier alpha value is -2.82. The first-order chi connectivity index (χ1) is 12.2. The maximum Gasteiger partial charge on any atom is 0.242 e. The van der Waals surface area contributed by atoms with E-state index in [9.17, 15) is 4.79 Å². The molecule has 130 valence electrons. The molecule has 2 aromatic carbocycles. The zero-order valence-corrected chi connectivity index (χ0v) is 14.7. The van der Waals surface area contributed by atoms with E-state index in [1.165, 1.54) is 0 Å².